The summed E-state index contributed by atoms with van der Waals surface area (Å²) in [5.41, 5.74) is -3.94. The first-order valence-electron chi connectivity index (χ1n) is 10.6. The van der Waals surface area contributed by atoms with Crippen molar-refractivity contribution in [2.24, 2.45) is 0 Å². The van der Waals surface area contributed by atoms with Gasteiger partial charge in [0.15, 0.2) is 0 Å². The topological polar surface area (TPSA) is 126 Å². The van der Waals surface area contributed by atoms with Crippen LogP contribution in [0.15, 0.2) is 41.3 Å². The summed E-state index contributed by atoms with van der Waals surface area (Å²) < 4.78 is 86.4. The van der Waals surface area contributed by atoms with Crippen LogP contribution < -0.4 is 10.1 Å². The Labute approximate surface area is 205 Å². The van der Waals surface area contributed by atoms with E-state index < -0.39 is 62.8 Å². The van der Waals surface area contributed by atoms with Gasteiger partial charge in [-0.15, -0.1) is 0 Å². The second kappa shape index (κ2) is 10.0. The second-order valence-electron chi connectivity index (χ2n) is 8.62. The summed E-state index contributed by atoms with van der Waals surface area (Å²) in [5.74, 6) is -0.935. The molecule has 0 aromatic heterocycles. The van der Waals surface area contributed by atoms with Gasteiger partial charge in [-0.1, -0.05) is 13.8 Å². The van der Waals surface area contributed by atoms with E-state index in [4.69, 9.17) is 10.00 Å². The van der Waals surface area contributed by atoms with Crippen molar-refractivity contribution in [3.8, 4) is 17.9 Å². The number of benzene rings is 2. The predicted octanol–water partition coefficient (Wildman–Crippen LogP) is 2.77. The fraction of sp³-hybridized carbons (Fsp3) is 0.391. The van der Waals surface area contributed by atoms with Gasteiger partial charge in [-0.3, -0.25) is 0 Å². The van der Waals surface area contributed by atoms with Gasteiger partial charge >= 0.3 is 6.18 Å². The minimum Gasteiger partial charge on any atom is -0.486 e. The quantitative estimate of drug-likeness (QED) is 0.532. The first-order valence-corrected chi connectivity index (χ1v) is 12.1. The molecule has 2 aromatic rings. The molecule has 1 unspecified atom stereocenters. The number of alkyl halides is 3. The van der Waals surface area contributed by atoms with Crippen LogP contribution in [0.5, 0.6) is 5.75 Å². The van der Waals surface area contributed by atoms with Gasteiger partial charge < -0.3 is 15.2 Å². The summed E-state index contributed by atoms with van der Waals surface area (Å²) in [7, 11) is -4.54. The molecule has 0 aliphatic carbocycles. The monoisotopic (exact) mass is 526 g/mol. The minimum atomic E-state index is -4.78. The van der Waals surface area contributed by atoms with Crippen molar-refractivity contribution in [2.75, 3.05) is 19.6 Å². The van der Waals surface area contributed by atoms with E-state index in [0.717, 1.165) is 10.4 Å². The molecule has 2 aromatic carbocycles. The van der Waals surface area contributed by atoms with E-state index in [1.54, 1.807) is 19.9 Å². The van der Waals surface area contributed by atoms with Crippen LogP contribution in [0.2, 0.25) is 0 Å². The highest BCUT2D eigenvalue weighted by molar-refractivity contribution is 7.89. The normalized spacial score (nSPS) is 20.8. The van der Waals surface area contributed by atoms with E-state index in [-0.39, 0.29) is 23.9 Å². The molecule has 36 heavy (non-hydrogen) atoms. The molecular weight excluding hydrogens is 504 g/mol. The Bertz CT molecular complexity index is 1340. The number of nitrogens with one attached hydrogen (secondary N) is 1. The van der Waals surface area contributed by atoms with E-state index in [1.165, 1.54) is 18.2 Å². The lowest BCUT2D eigenvalue weighted by Gasteiger charge is -2.30. The van der Waals surface area contributed by atoms with Crippen LogP contribution >= 0.6 is 0 Å². The molecule has 1 heterocycles. The second-order valence-corrected chi connectivity index (χ2v) is 10.5. The molecule has 0 saturated carbocycles. The molecule has 8 nitrogen and oxygen atoms in total. The Morgan fingerprint density at radius 2 is 1.86 bits per heavy atom. The SMILES string of the molecule is CC(C)NC[C@]1(O)CN(S(=O)(=O)c2ccc(C(F)(F)F)cc2C#N)CC1Oc1ccc(C#N)c(F)c1. The summed E-state index contributed by atoms with van der Waals surface area (Å²) in [6.45, 7) is 2.51. The fourth-order valence-corrected chi connectivity index (χ4v) is 5.31. The summed E-state index contributed by atoms with van der Waals surface area (Å²) >= 11 is 0. The van der Waals surface area contributed by atoms with Crippen molar-refractivity contribution in [3.63, 3.8) is 0 Å². The molecule has 0 amide bonds. The Morgan fingerprint density at radius 3 is 2.42 bits per heavy atom. The number of halogens is 4. The van der Waals surface area contributed by atoms with Gasteiger partial charge in [-0.05, 0) is 30.3 Å². The molecule has 0 radical (unpaired) electrons. The molecular formula is C23H22F4N4O4S. The molecule has 2 N–H and O–H groups in total. The fourth-order valence-electron chi connectivity index (χ4n) is 3.69. The van der Waals surface area contributed by atoms with Gasteiger partial charge in [0.05, 0.1) is 28.1 Å². The maximum atomic E-state index is 14.1. The number of hydrogen-bond donors (Lipinski definition) is 2. The number of hydrogen-bond acceptors (Lipinski definition) is 7. The highest BCUT2D eigenvalue weighted by Gasteiger charge is 2.51. The predicted molar refractivity (Wildman–Crippen MR) is 119 cm³/mol. The van der Waals surface area contributed by atoms with Gasteiger partial charge in [0.1, 0.15) is 35.4 Å². The summed E-state index contributed by atoms with van der Waals surface area (Å²) in [6, 6.07) is 8.13. The van der Waals surface area contributed by atoms with Gasteiger partial charge in [0.2, 0.25) is 10.0 Å². The average Bonchev–Trinajstić information content (AvgIpc) is 3.14. The third-order valence-electron chi connectivity index (χ3n) is 5.62. The highest BCUT2D eigenvalue weighted by Crippen LogP contribution is 2.35. The third kappa shape index (κ3) is 5.60. The van der Waals surface area contributed by atoms with Crippen LogP contribution in [0, 0.1) is 28.5 Å². The molecule has 192 valence electrons. The van der Waals surface area contributed by atoms with Gasteiger partial charge in [-0.2, -0.15) is 28.0 Å². The zero-order chi connectivity index (χ0) is 26.9. The molecule has 1 saturated heterocycles. The minimum absolute atomic E-state index is 0.0639. The average molecular weight is 527 g/mol. The van der Waals surface area contributed by atoms with Crippen LogP contribution in [0.25, 0.3) is 0 Å². The smallest absolute Gasteiger partial charge is 0.416 e. The van der Waals surface area contributed by atoms with Crippen LogP contribution in [-0.2, 0) is 16.2 Å². The van der Waals surface area contributed by atoms with Crippen molar-refractivity contribution >= 4 is 10.0 Å². The lowest BCUT2D eigenvalue weighted by Crippen LogP contribution is -2.53. The lowest BCUT2D eigenvalue weighted by atomic mass is 10.00. The van der Waals surface area contributed by atoms with Crippen molar-refractivity contribution < 1.29 is 35.8 Å². The number of β-amino-alcohol motifs (C(OH)–C–C–N with tert-alkyl or cyclic N) is 1. The molecule has 1 fully saturated rings. The molecule has 0 bridgehead atoms. The van der Waals surface area contributed by atoms with Gasteiger partial charge in [0, 0.05) is 25.2 Å². The Balaban J connectivity index is 1.97. The highest BCUT2D eigenvalue weighted by atomic mass is 32.2. The number of rotatable bonds is 7. The maximum Gasteiger partial charge on any atom is 0.416 e. The van der Waals surface area contributed by atoms with E-state index in [0.29, 0.717) is 18.2 Å². The van der Waals surface area contributed by atoms with Crippen LogP contribution in [-0.4, -0.2) is 55.2 Å². The van der Waals surface area contributed by atoms with Gasteiger partial charge in [-0.25, -0.2) is 12.8 Å². The van der Waals surface area contributed by atoms with Gasteiger partial charge in [0.25, 0.3) is 0 Å². The zero-order valence-corrected chi connectivity index (χ0v) is 20.0. The van der Waals surface area contributed by atoms with E-state index in [1.807, 2.05) is 0 Å². The summed E-state index contributed by atoms with van der Waals surface area (Å²) in [4.78, 5) is -0.651. The molecule has 2 atom stereocenters. The Kier molecular flexibility index (Phi) is 7.62. The number of sulfonamides is 1. The standard InChI is InChI=1S/C23H22F4N4O4S/c1-14(2)30-12-22(32)13-31(11-21(22)35-18-5-3-15(9-28)19(24)8-18)36(33,34)20-6-4-17(23(25,26)27)7-16(20)10-29/h3-8,14,21,30,32H,11-13H2,1-2H3/t21?,22-/m0/s1. The third-order valence-corrected chi connectivity index (χ3v) is 7.49. The lowest BCUT2D eigenvalue weighted by molar-refractivity contribution is -0.137. The van der Waals surface area contributed by atoms with Crippen molar-refractivity contribution in [3.05, 3.63) is 58.9 Å². The number of nitriles is 2. The number of ether oxygens (including phenoxy) is 1. The first kappa shape index (κ1) is 27.4. The van der Waals surface area contributed by atoms with Crippen LogP contribution in [0.4, 0.5) is 17.6 Å². The van der Waals surface area contributed by atoms with Crippen LogP contribution in [0.1, 0.15) is 30.5 Å². The largest absolute Gasteiger partial charge is 0.486 e. The van der Waals surface area contributed by atoms with E-state index in [2.05, 4.69) is 5.32 Å². The van der Waals surface area contributed by atoms with E-state index in [9.17, 15) is 36.3 Å². The van der Waals surface area contributed by atoms with Crippen molar-refractivity contribution in [1.82, 2.24) is 9.62 Å². The molecule has 0 spiro atoms. The van der Waals surface area contributed by atoms with Crippen molar-refractivity contribution in [1.29, 1.82) is 10.5 Å². The molecule has 1 aliphatic rings. The van der Waals surface area contributed by atoms with Crippen LogP contribution in [0.3, 0.4) is 0 Å². The number of aliphatic hydroxyl groups is 1. The first-order chi connectivity index (χ1) is 16.7. The van der Waals surface area contributed by atoms with Crippen molar-refractivity contribution in [2.45, 2.75) is 42.7 Å². The Hall–Kier alpha value is -3.23. The van der Waals surface area contributed by atoms with E-state index >= 15 is 0 Å². The molecule has 1 aliphatic heterocycles. The molecule has 13 heteroatoms. The summed E-state index contributed by atoms with van der Waals surface area (Å²) in [5, 5.41) is 32.6. The summed E-state index contributed by atoms with van der Waals surface area (Å²) in [6.07, 6.45) is -5.99. The number of nitrogens with zero attached hydrogens (tertiary/aromatic N) is 3. The Morgan fingerprint density at radius 1 is 1.19 bits per heavy atom. The maximum absolute atomic E-state index is 14.1. The molecule has 3 rings (SSSR count). The zero-order valence-electron chi connectivity index (χ0n) is 19.2.